The van der Waals surface area contributed by atoms with Gasteiger partial charge in [0, 0.05) is 19.1 Å². The SMILES string of the molecule is COc1ccc(C(OC)[C@H]2CCCC[C@H]2N2CCCCC2)cc1. The highest BCUT2D eigenvalue weighted by molar-refractivity contribution is 5.29. The van der Waals surface area contributed by atoms with Crippen molar-refractivity contribution in [1.82, 2.24) is 4.90 Å². The van der Waals surface area contributed by atoms with Gasteiger partial charge >= 0.3 is 0 Å². The molecule has 3 heteroatoms. The van der Waals surface area contributed by atoms with Gasteiger partial charge < -0.3 is 14.4 Å². The van der Waals surface area contributed by atoms with Crippen molar-refractivity contribution >= 4 is 0 Å². The van der Waals surface area contributed by atoms with Crippen molar-refractivity contribution in [2.45, 2.75) is 57.1 Å². The minimum Gasteiger partial charge on any atom is -0.497 e. The van der Waals surface area contributed by atoms with Crippen molar-refractivity contribution in [1.29, 1.82) is 0 Å². The van der Waals surface area contributed by atoms with E-state index in [1.165, 1.54) is 63.6 Å². The summed E-state index contributed by atoms with van der Waals surface area (Å²) in [6, 6.07) is 9.15. The smallest absolute Gasteiger partial charge is 0.118 e. The minimum absolute atomic E-state index is 0.202. The van der Waals surface area contributed by atoms with Gasteiger partial charge in [-0.15, -0.1) is 0 Å². The lowest BCUT2D eigenvalue weighted by Crippen LogP contribution is -2.47. The normalized spacial score (nSPS) is 27.6. The first-order chi connectivity index (χ1) is 11.3. The van der Waals surface area contributed by atoms with Gasteiger partial charge in [0.1, 0.15) is 5.75 Å². The van der Waals surface area contributed by atoms with E-state index >= 15 is 0 Å². The summed E-state index contributed by atoms with van der Waals surface area (Å²) in [5, 5.41) is 0. The molecule has 3 rings (SSSR count). The first-order valence-electron chi connectivity index (χ1n) is 9.24. The average Bonchev–Trinajstić information content (AvgIpc) is 2.64. The van der Waals surface area contributed by atoms with Crippen molar-refractivity contribution in [3.05, 3.63) is 29.8 Å². The molecule has 2 aliphatic rings. The summed E-state index contributed by atoms with van der Waals surface area (Å²) in [5.41, 5.74) is 1.29. The van der Waals surface area contributed by atoms with Gasteiger partial charge in [-0.3, -0.25) is 0 Å². The summed E-state index contributed by atoms with van der Waals surface area (Å²) in [7, 11) is 3.59. The van der Waals surface area contributed by atoms with Gasteiger partial charge in [-0.05, 0) is 56.5 Å². The van der Waals surface area contributed by atoms with Crippen LogP contribution in [-0.4, -0.2) is 38.3 Å². The maximum atomic E-state index is 6.00. The lowest BCUT2D eigenvalue weighted by molar-refractivity contribution is -0.0204. The Labute approximate surface area is 141 Å². The number of nitrogens with zero attached hydrogens (tertiary/aromatic N) is 1. The van der Waals surface area contributed by atoms with E-state index in [4.69, 9.17) is 9.47 Å². The van der Waals surface area contributed by atoms with Crippen molar-refractivity contribution in [3.63, 3.8) is 0 Å². The number of methoxy groups -OCH3 is 2. The predicted octanol–water partition coefficient (Wildman–Crippen LogP) is 4.43. The van der Waals surface area contributed by atoms with Crippen LogP contribution in [0.25, 0.3) is 0 Å². The first kappa shape index (κ1) is 16.8. The number of piperidine rings is 1. The standard InChI is InChI=1S/C20H31NO2/c1-22-17-12-10-16(11-13-17)20(23-2)18-8-4-5-9-19(18)21-14-6-3-7-15-21/h10-13,18-20H,3-9,14-15H2,1-2H3/t18-,19+,20?/m0/s1. The first-order valence-corrected chi connectivity index (χ1v) is 9.24. The maximum absolute atomic E-state index is 6.00. The summed E-state index contributed by atoms with van der Waals surface area (Å²) >= 11 is 0. The van der Waals surface area contributed by atoms with E-state index in [0.717, 1.165) is 5.75 Å². The molecule has 1 aromatic rings. The van der Waals surface area contributed by atoms with Gasteiger partial charge in [-0.2, -0.15) is 0 Å². The Bertz CT molecular complexity index is 467. The second kappa shape index (κ2) is 8.16. The van der Waals surface area contributed by atoms with Crippen molar-refractivity contribution < 1.29 is 9.47 Å². The van der Waals surface area contributed by atoms with Crippen LogP contribution in [0.3, 0.4) is 0 Å². The van der Waals surface area contributed by atoms with Crippen LogP contribution in [-0.2, 0) is 4.74 Å². The fourth-order valence-corrected chi connectivity index (χ4v) is 4.55. The van der Waals surface area contributed by atoms with E-state index in [2.05, 4.69) is 29.2 Å². The number of hydrogen-bond acceptors (Lipinski definition) is 3. The van der Waals surface area contributed by atoms with Gasteiger partial charge in [0.05, 0.1) is 13.2 Å². The molecule has 1 heterocycles. The van der Waals surface area contributed by atoms with Crippen molar-refractivity contribution in [2.75, 3.05) is 27.3 Å². The lowest BCUT2D eigenvalue weighted by Gasteiger charge is -2.44. The molecule has 0 bridgehead atoms. The van der Waals surface area contributed by atoms with Crippen LogP contribution >= 0.6 is 0 Å². The van der Waals surface area contributed by atoms with E-state index in [0.29, 0.717) is 12.0 Å². The predicted molar refractivity (Wildman–Crippen MR) is 93.9 cm³/mol. The van der Waals surface area contributed by atoms with E-state index in [1.54, 1.807) is 7.11 Å². The summed E-state index contributed by atoms with van der Waals surface area (Å²) in [4.78, 5) is 2.75. The van der Waals surface area contributed by atoms with Crippen LogP contribution in [0.1, 0.15) is 56.6 Å². The molecular formula is C20H31NO2. The van der Waals surface area contributed by atoms with Crippen LogP contribution < -0.4 is 4.74 Å². The van der Waals surface area contributed by atoms with Gasteiger partial charge in [-0.25, -0.2) is 0 Å². The molecule has 1 aliphatic carbocycles. The Morgan fingerprint density at radius 3 is 2.26 bits per heavy atom. The fraction of sp³-hybridized carbons (Fsp3) is 0.700. The summed E-state index contributed by atoms with van der Waals surface area (Å²) in [6.07, 6.45) is 9.66. The highest BCUT2D eigenvalue weighted by atomic mass is 16.5. The maximum Gasteiger partial charge on any atom is 0.118 e. The minimum atomic E-state index is 0.202. The molecule has 1 unspecified atom stereocenters. The molecule has 0 amide bonds. The second-order valence-electron chi connectivity index (χ2n) is 7.04. The van der Waals surface area contributed by atoms with Crippen LogP contribution in [0.5, 0.6) is 5.75 Å². The summed E-state index contributed by atoms with van der Waals surface area (Å²) in [6.45, 7) is 2.56. The number of benzene rings is 1. The lowest BCUT2D eigenvalue weighted by atomic mass is 9.77. The van der Waals surface area contributed by atoms with E-state index < -0.39 is 0 Å². The number of rotatable bonds is 5. The third-order valence-corrected chi connectivity index (χ3v) is 5.73. The molecule has 3 atom stereocenters. The largest absolute Gasteiger partial charge is 0.497 e. The van der Waals surface area contributed by atoms with Crippen LogP contribution in [0.4, 0.5) is 0 Å². The Hall–Kier alpha value is -1.06. The van der Waals surface area contributed by atoms with Gasteiger partial charge in [0.2, 0.25) is 0 Å². The second-order valence-corrected chi connectivity index (χ2v) is 7.04. The number of likely N-dealkylation sites (tertiary alicyclic amines) is 1. The highest BCUT2D eigenvalue weighted by Crippen LogP contribution is 2.40. The Kier molecular flexibility index (Phi) is 5.96. The van der Waals surface area contributed by atoms with Crippen LogP contribution in [0.2, 0.25) is 0 Å². The molecule has 1 aromatic carbocycles. The number of hydrogen-bond donors (Lipinski definition) is 0. The van der Waals surface area contributed by atoms with E-state index in [1.807, 2.05) is 7.11 Å². The fourth-order valence-electron chi connectivity index (χ4n) is 4.55. The Balaban J connectivity index is 1.78. The molecule has 128 valence electrons. The molecule has 1 saturated carbocycles. The third-order valence-electron chi connectivity index (χ3n) is 5.73. The molecule has 2 fully saturated rings. The molecule has 0 spiro atoms. The Morgan fingerprint density at radius 1 is 0.913 bits per heavy atom. The van der Waals surface area contributed by atoms with Crippen LogP contribution in [0.15, 0.2) is 24.3 Å². The zero-order valence-electron chi connectivity index (χ0n) is 14.7. The highest BCUT2D eigenvalue weighted by Gasteiger charge is 2.36. The van der Waals surface area contributed by atoms with E-state index in [9.17, 15) is 0 Å². The van der Waals surface area contributed by atoms with Gasteiger partial charge in [0.15, 0.2) is 0 Å². The Morgan fingerprint density at radius 2 is 1.61 bits per heavy atom. The zero-order valence-corrected chi connectivity index (χ0v) is 14.7. The molecule has 1 aliphatic heterocycles. The molecule has 23 heavy (non-hydrogen) atoms. The molecule has 0 radical (unpaired) electrons. The average molecular weight is 317 g/mol. The van der Waals surface area contributed by atoms with Crippen molar-refractivity contribution in [3.8, 4) is 5.75 Å². The summed E-state index contributed by atoms with van der Waals surface area (Å²) < 4.78 is 11.3. The van der Waals surface area contributed by atoms with Gasteiger partial charge in [0.25, 0.3) is 0 Å². The summed E-state index contributed by atoms with van der Waals surface area (Å²) in [5.74, 6) is 1.53. The van der Waals surface area contributed by atoms with Gasteiger partial charge in [-0.1, -0.05) is 31.4 Å². The topological polar surface area (TPSA) is 21.7 Å². The quantitative estimate of drug-likeness (QED) is 0.802. The van der Waals surface area contributed by atoms with Crippen LogP contribution in [0, 0.1) is 5.92 Å². The monoisotopic (exact) mass is 317 g/mol. The molecule has 3 nitrogen and oxygen atoms in total. The van der Waals surface area contributed by atoms with Crippen molar-refractivity contribution in [2.24, 2.45) is 5.92 Å². The molecule has 1 saturated heterocycles. The zero-order chi connectivity index (χ0) is 16.1. The molecular weight excluding hydrogens is 286 g/mol. The molecule has 0 aromatic heterocycles. The number of ether oxygens (including phenoxy) is 2. The molecule has 0 N–H and O–H groups in total. The third kappa shape index (κ3) is 3.89. The van der Waals surface area contributed by atoms with E-state index in [-0.39, 0.29) is 6.10 Å².